The van der Waals surface area contributed by atoms with Gasteiger partial charge in [-0.05, 0) is 26.2 Å². The van der Waals surface area contributed by atoms with Gasteiger partial charge < -0.3 is 10.4 Å². The number of hydrogen-bond donors (Lipinski definition) is 2. The van der Waals surface area contributed by atoms with E-state index in [9.17, 15) is 9.90 Å². The van der Waals surface area contributed by atoms with Crippen LogP contribution in [0.2, 0.25) is 0 Å². The molecular weight excluding hydrogens is 226 g/mol. The molecule has 1 amide bonds. The van der Waals surface area contributed by atoms with E-state index in [1.807, 2.05) is 19.1 Å². The fraction of sp³-hybridized carbons (Fsp3) is 0.667. The molecule has 1 aliphatic rings. The first-order chi connectivity index (χ1) is 8.59. The molecule has 0 heterocycles. The SMILES string of the molecule is CC=C(C=CC(=O)NCC1(O)CCCCC1)CC. The van der Waals surface area contributed by atoms with Crippen LogP contribution in [0, 0.1) is 0 Å². The van der Waals surface area contributed by atoms with Crippen LogP contribution in [0.1, 0.15) is 52.4 Å². The minimum atomic E-state index is -0.685. The van der Waals surface area contributed by atoms with Crippen molar-refractivity contribution in [3.8, 4) is 0 Å². The molecule has 18 heavy (non-hydrogen) atoms. The zero-order valence-corrected chi connectivity index (χ0v) is 11.5. The third-order valence-corrected chi connectivity index (χ3v) is 3.60. The first-order valence-corrected chi connectivity index (χ1v) is 6.93. The Morgan fingerprint density at radius 3 is 2.50 bits per heavy atom. The van der Waals surface area contributed by atoms with E-state index in [2.05, 4.69) is 12.2 Å². The normalized spacial score (nSPS) is 20.1. The number of allylic oxidation sites excluding steroid dienone is 3. The van der Waals surface area contributed by atoms with Crippen molar-refractivity contribution in [2.45, 2.75) is 58.0 Å². The molecule has 1 saturated carbocycles. The van der Waals surface area contributed by atoms with Crippen molar-refractivity contribution < 1.29 is 9.90 Å². The van der Waals surface area contributed by atoms with Crippen LogP contribution in [0.4, 0.5) is 0 Å². The molecule has 0 saturated heterocycles. The summed E-state index contributed by atoms with van der Waals surface area (Å²) in [5.41, 5.74) is 0.456. The van der Waals surface area contributed by atoms with Gasteiger partial charge in [-0.3, -0.25) is 4.79 Å². The highest BCUT2D eigenvalue weighted by molar-refractivity contribution is 5.87. The summed E-state index contributed by atoms with van der Waals surface area (Å²) in [4.78, 5) is 11.6. The lowest BCUT2D eigenvalue weighted by atomic mass is 9.85. The Kier molecular flexibility index (Phi) is 6.13. The summed E-state index contributed by atoms with van der Waals surface area (Å²) in [7, 11) is 0. The zero-order chi connectivity index (χ0) is 13.4. The highest BCUT2D eigenvalue weighted by Gasteiger charge is 2.29. The largest absolute Gasteiger partial charge is 0.388 e. The third kappa shape index (κ3) is 5.05. The van der Waals surface area contributed by atoms with Gasteiger partial charge in [0.05, 0.1) is 5.60 Å². The van der Waals surface area contributed by atoms with Crippen molar-refractivity contribution in [1.29, 1.82) is 0 Å². The number of rotatable bonds is 5. The summed E-state index contributed by atoms with van der Waals surface area (Å²) in [5.74, 6) is -0.123. The lowest BCUT2D eigenvalue weighted by Gasteiger charge is -2.31. The van der Waals surface area contributed by atoms with Gasteiger partial charge in [0.2, 0.25) is 5.91 Å². The molecule has 1 fully saturated rings. The van der Waals surface area contributed by atoms with Crippen molar-refractivity contribution in [1.82, 2.24) is 5.32 Å². The molecule has 102 valence electrons. The average Bonchev–Trinajstić information content (AvgIpc) is 2.38. The zero-order valence-electron chi connectivity index (χ0n) is 11.5. The minimum Gasteiger partial charge on any atom is -0.388 e. The molecule has 1 rings (SSSR count). The van der Waals surface area contributed by atoms with Crippen molar-refractivity contribution in [2.24, 2.45) is 0 Å². The van der Waals surface area contributed by atoms with Crippen molar-refractivity contribution in [3.63, 3.8) is 0 Å². The monoisotopic (exact) mass is 251 g/mol. The molecule has 3 heteroatoms. The number of amides is 1. The maximum absolute atomic E-state index is 11.6. The Labute approximate surface area is 110 Å². The van der Waals surface area contributed by atoms with Crippen molar-refractivity contribution >= 4 is 5.91 Å². The molecule has 0 aromatic rings. The Morgan fingerprint density at radius 1 is 1.28 bits per heavy atom. The van der Waals surface area contributed by atoms with E-state index in [1.54, 1.807) is 6.08 Å². The van der Waals surface area contributed by atoms with Gasteiger partial charge in [-0.2, -0.15) is 0 Å². The maximum Gasteiger partial charge on any atom is 0.244 e. The molecule has 0 atom stereocenters. The predicted molar refractivity (Wildman–Crippen MR) is 74.2 cm³/mol. The van der Waals surface area contributed by atoms with Gasteiger partial charge >= 0.3 is 0 Å². The van der Waals surface area contributed by atoms with Crippen LogP contribution < -0.4 is 5.32 Å². The number of carbonyl (C=O) groups is 1. The van der Waals surface area contributed by atoms with Gasteiger partial charge in [0, 0.05) is 12.6 Å². The van der Waals surface area contributed by atoms with Crippen LogP contribution in [0.3, 0.4) is 0 Å². The van der Waals surface area contributed by atoms with E-state index in [4.69, 9.17) is 0 Å². The van der Waals surface area contributed by atoms with E-state index in [0.29, 0.717) is 6.54 Å². The molecule has 3 nitrogen and oxygen atoms in total. The van der Waals surface area contributed by atoms with Gasteiger partial charge in [-0.25, -0.2) is 0 Å². The predicted octanol–water partition coefficient (Wildman–Crippen LogP) is 2.71. The standard InChI is InChI=1S/C15H25NO2/c1-3-13(4-2)8-9-14(17)16-12-15(18)10-6-5-7-11-15/h3,8-9,18H,4-7,10-12H2,1-2H3,(H,16,17). The van der Waals surface area contributed by atoms with E-state index in [1.165, 1.54) is 6.42 Å². The molecule has 0 aromatic heterocycles. The summed E-state index contributed by atoms with van der Waals surface area (Å²) in [6, 6.07) is 0. The second kappa shape index (κ2) is 7.37. The summed E-state index contributed by atoms with van der Waals surface area (Å²) in [5, 5.41) is 13.0. The Balaban J connectivity index is 2.36. The van der Waals surface area contributed by atoms with Crippen LogP contribution in [-0.4, -0.2) is 23.2 Å². The Bertz CT molecular complexity index is 325. The Morgan fingerprint density at radius 2 is 1.94 bits per heavy atom. The maximum atomic E-state index is 11.6. The summed E-state index contributed by atoms with van der Waals surface area (Å²) in [6.45, 7) is 4.39. The molecule has 0 aliphatic heterocycles. The second-order valence-electron chi connectivity index (χ2n) is 5.05. The van der Waals surface area contributed by atoms with E-state index in [-0.39, 0.29) is 5.91 Å². The first-order valence-electron chi connectivity index (χ1n) is 6.93. The van der Waals surface area contributed by atoms with Gasteiger partial charge in [-0.1, -0.05) is 43.9 Å². The van der Waals surface area contributed by atoms with Crippen LogP contribution in [0.25, 0.3) is 0 Å². The van der Waals surface area contributed by atoms with E-state index < -0.39 is 5.60 Å². The minimum absolute atomic E-state index is 0.123. The van der Waals surface area contributed by atoms with Gasteiger partial charge in [-0.15, -0.1) is 0 Å². The molecule has 1 aliphatic carbocycles. The third-order valence-electron chi connectivity index (χ3n) is 3.60. The van der Waals surface area contributed by atoms with Crippen LogP contribution >= 0.6 is 0 Å². The fourth-order valence-corrected chi connectivity index (χ4v) is 2.30. The topological polar surface area (TPSA) is 49.3 Å². The lowest BCUT2D eigenvalue weighted by Crippen LogP contribution is -2.43. The smallest absolute Gasteiger partial charge is 0.244 e. The summed E-state index contributed by atoms with van der Waals surface area (Å²) >= 11 is 0. The van der Waals surface area contributed by atoms with Gasteiger partial charge in [0.15, 0.2) is 0 Å². The van der Waals surface area contributed by atoms with Crippen LogP contribution in [-0.2, 0) is 4.79 Å². The number of carbonyl (C=O) groups excluding carboxylic acids is 1. The second-order valence-corrected chi connectivity index (χ2v) is 5.05. The molecule has 0 unspecified atom stereocenters. The summed E-state index contributed by atoms with van der Waals surface area (Å²) in [6.07, 6.45) is 11.2. The van der Waals surface area contributed by atoms with Crippen LogP contribution in [0.5, 0.6) is 0 Å². The fourth-order valence-electron chi connectivity index (χ4n) is 2.30. The number of hydrogen-bond acceptors (Lipinski definition) is 2. The number of aliphatic hydroxyl groups is 1. The first kappa shape index (κ1) is 15.0. The van der Waals surface area contributed by atoms with Gasteiger partial charge in [0.1, 0.15) is 0 Å². The number of nitrogens with one attached hydrogen (secondary N) is 1. The van der Waals surface area contributed by atoms with Crippen molar-refractivity contribution in [3.05, 3.63) is 23.8 Å². The Hall–Kier alpha value is -1.09. The molecule has 2 N–H and O–H groups in total. The molecule has 0 aromatic carbocycles. The van der Waals surface area contributed by atoms with Crippen LogP contribution in [0.15, 0.2) is 23.8 Å². The van der Waals surface area contributed by atoms with Crippen molar-refractivity contribution in [2.75, 3.05) is 6.54 Å². The average molecular weight is 251 g/mol. The highest BCUT2D eigenvalue weighted by atomic mass is 16.3. The molecule has 0 radical (unpaired) electrons. The lowest BCUT2D eigenvalue weighted by molar-refractivity contribution is -0.118. The quantitative estimate of drug-likeness (QED) is 0.583. The molecule has 0 spiro atoms. The molecular formula is C15H25NO2. The van der Waals surface area contributed by atoms with Gasteiger partial charge in [0.25, 0.3) is 0 Å². The summed E-state index contributed by atoms with van der Waals surface area (Å²) < 4.78 is 0. The van der Waals surface area contributed by atoms with E-state index >= 15 is 0 Å². The van der Waals surface area contributed by atoms with E-state index in [0.717, 1.165) is 37.7 Å². The molecule has 0 bridgehead atoms. The highest BCUT2D eigenvalue weighted by Crippen LogP contribution is 2.27.